The van der Waals surface area contributed by atoms with Gasteiger partial charge in [-0.15, -0.1) is 0 Å². The van der Waals surface area contributed by atoms with Crippen molar-refractivity contribution in [3.63, 3.8) is 0 Å². The molecule has 1 fully saturated rings. The summed E-state index contributed by atoms with van der Waals surface area (Å²) < 4.78 is 10.4. The summed E-state index contributed by atoms with van der Waals surface area (Å²) in [4.78, 5) is 0. The Kier molecular flexibility index (Phi) is 3.08. The van der Waals surface area contributed by atoms with Crippen molar-refractivity contribution in [3.8, 4) is 5.75 Å². The number of rotatable bonds is 3. The summed E-state index contributed by atoms with van der Waals surface area (Å²) in [6.45, 7) is 1.31. The van der Waals surface area contributed by atoms with E-state index >= 15 is 0 Å². The average Bonchev–Trinajstić information content (AvgIpc) is 2.66. The monoisotopic (exact) mass is 208 g/mol. The maximum absolute atomic E-state index is 5.87. The number of ether oxygens (including phenoxy) is 2. The molecule has 0 bridgehead atoms. The lowest BCUT2D eigenvalue weighted by Crippen LogP contribution is -2.38. The van der Waals surface area contributed by atoms with Crippen LogP contribution < -0.4 is 15.8 Å². The minimum Gasteiger partial charge on any atom is -0.497 e. The van der Waals surface area contributed by atoms with Crippen molar-refractivity contribution in [2.24, 2.45) is 5.73 Å². The zero-order valence-electron chi connectivity index (χ0n) is 8.77. The van der Waals surface area contributed by atoms with Crippen LogP contribution in [0.2, 0.25) is 0 Å². The third-order valence-corrected chi connectivity index (χ3v) is 2.57. The molecule has 0 unspecified atom stereocenters. The Morgan fingerprint density at radius 1 is 1.33 bits per heavy atom. The van der Waals surface area contributed by atoms with Crippen LogP contribution >= 0.6 is 0 Å². The summed E-state index contributed by atoms with van der Waals surface area (Å²) in [6.07, 6.45) is 0. The van der Waals surface area contributed by atoms with Gasteiger partial charge in [-0.05, 0) is 24.3 Å². The lowest BCUT2D eigenvalue weighted by molar-refractivity contribution is 0.192. The van der Waals surface area contributed by atoms with E-state index in [0.717, 1.165) is 11.4 Å². The van der Waals surface area contributed by atoms with E-state index < -0.39 is 0 Å². The predicted molar refractivity (Wildman–Crippen MR) is 59.2 cm³/mol. The Hall–Kier alpha value is -1.26. The summed E-state index contributed by atoms with van der Waals surface area (Å²) >= 11 is 0. The molecule has 0 amide bonds. The molecule has 1 saturated heterocycles. The molecule has 0 saturated carbocycles. The Balaban J connectivity index is 1.98. The van der Waals surface area contributed by atoms with Crippen LogP contribution in [0.4, 0.5) is 5.69 Å². The van der Waals surface area contributed by atoms with E-state index in [1.54, 1.807) is 7.11 Å². The molecular weight excluding hydrogens is 192 g/mol. The molecule has 0 spiro atoms. The Morgan fingerprint density at radius 3 is 2.60 bits per heavy atom. The first-order valence-corrected chi connectivity index (χ1v) is 5.03. The molecule has 0 radical (unpaired) electrons. The zero-order chi connectivity index (χ0) is 10.7. The van der Waals surface area contributed by atoms with Crippen molar-refractivity contribution < 1.29 is 9.47 Å². The molecular formula is C11H16N2O2. The van der Waals surface area contributed by atoms with E-state index in [4.69, 9.17) is 15.2 Å². The summed E-state index contributed by atoms with van der Waals surface area (Å²) in [5.41, 5.74) is 6.91. The Bertz CT molecular complexity index is 313. The van der Waals surface area contributed by atoms with Gasteiger partial charge < -0.3 is 20.5 Å². The lowest BCUT2D eigenvalue weighted by Gasteiger charge is -2.16. The first-order valence-electron chi connectivity index (χ1n) is 5.03. The lowest BCUT2D eigenvalue weighted by atomic mass is 10.1. The van der Waals surface area contributed by atoms with Crippen LogP contribution in [-0.2, 0) is 4.74 Å². The van der Waals surface area contributed by atoms with Gasteiger partial charge in [-0.25, -0.2) is 0 Å². The number of methoxy groups -OCH3 is 1. The third-order valence-electron chi connectivity index (χ3n) is 2.57. The summed E-state index contributed by atoms with van der Waals surface area (Å²) in [7, 11) is 1.66. The predicted octanol–water partition coefficient (Wildman–Crippen LogP) is 0.833. The van der Waals surface area contributed by atoms with Gasteiger partial charge in [-0.2, -0.15) is 0 Å². The number of nitrogens with two attached hydrogens (primary N) is 1. The molecule has 3 N–H and O–H groups in total. The van der Waals surface area contributed by atoms with Crippen LogP contribution in [0.1, 0.15) is 0 Å². The minimum absolute atomic E-state index is 0.0760. The standard InChI is InChI=1S/C11H16N2O2/c1-14-9-4-2-8(3-5-9)13-11-7-15-6-10(11)12/h2-5,10-11,13H,6-7,12H2,1H3/t10-,11+/m1/s1. The Morgan fingerprint density at radius 2 is 2.07 bits per heavy atom. The van der Waals surface area contributed by atoms with E-state index in [9.17, 15) is 0 Å². The smallest absolute Gasteiger partial charge is 0.119 e. The fourth-order valence-corrected chi connectivity index (χ4v) is 1.62. The molecule has 4 nitrogen and oxygen atoms in total. The quantitative estimate of drug-likeness (QED) is 0.772. The fraction of sp³-hybridized carbons (Fsp3) is 0.455. The molecule has 4 heteroatoms. The van der Waals surface area contributed by atoms with Crippen LogP contribution in [0.25, 0.3) is 0 Å². The third kappa shape index (κ3) is 2.40. The van der Waals surface area contributed by atoms with E-state index in [0.29, 0.717) is 13.2 Å². The zero-order valence-corrected chi connectivity index (χ0v) is 8.77. The average molecular weight is 208 g/mol. The molecule has 1 aromatic carbocycles. The molecule has 2 atom stereocenters. The largest absolute Gasteiger partial charge is 0.497 e. The maximum Gasteiger partial charge on any atom is 0.119 e. The molecule has 2 rings (SSSR count). The summed E-state index contributed by atoms with van der Waals surface area (Å²) in [6, 6.07) is 8.08. The van der Waals surface area contributed by atoms with Gasteiger partial charge in [0.2, 0.25) is 0 Å². The highest BCUT2D eigenvalue weighted by Gasteiger charge is 2.24. The van der Waals surface area contributed by atoms with E-state index in [-0.39, 0.29) is 12.1 Å². The van der Waals surface area contributed by atoms with Crippen molar-refractivity contribution in [2.45, 2.75) is 12.1 Å². The molecule has 1 aliphatic heterocycles. The molecule has 82 valence electrons. The van der Waals surface area contributed by atoms with Crippen LogP contribution in [0.5, 0.6) is 5.75 Å². The molecule has 1 aromatic rings. The Labute approximate surface area is 89.4 Å². The van der Waals surface area contributed by atoms with Gasteiger partial charge in [0, 0.05) is 5.69 Å². The van der Waals surface area contributed by atoms with Crippen LogP contribution in [0.3, 0.4) is 0 Å². The second-order valence-electron chi connectivity index (χ2n) is 3.68. The van der Waals surface area contributed by atoms with Gasteiger partial charge in [0.1, 0.15) is 5.75 Å². The molecule has 1 aliphatic rings. The van der Waals surface area contributed by atoms with Gasteiger partial charge >= 0.3 is 0 Å². The van der Waals surface area contributed by atoms with Gasteiger partial charge in [-0.1, -0.05) is 0 Å². The van der Waals surface area contributed by atoms with E-state index in [1.807, 2.05) is 24.3 Å². The number of hydrogen-bond acceptors (Lipinski definition) is 4. The van der Waals surface area contributed by atoms with Gasteiger partial charge in [0.15, 0.2) is 0 Å². The van der Waals surface area contributed by atoms with Gasteiger partial charge in [0.05, 0.1) is 32.4 Å². The van der Waals surface area contributed by atoms with Crippen molar-refractivity contribution >= 4 is 5.69 Å². The summed E-state index contributed by atoms with van der Waals surface area (Å²) in [5, 5.41) is 3.34. The van der Waals surface area contributed by atoms with E-state index in [1.165, 1.54) is 0 Å². The molecule has 15 heavy (non-hydrogen) atoms. The minimum atomic E-state index is 0.0760. The van der Waals surface area contributed by atoms with Crippen LogP contribution in [0.15, 0.2) is 24.3 Å². The summed E-state index contributed by atoms with van der Waals surface area (Å²) in [5.74, 6) is 0.854. The van der Waals surface area contributed by atoms with Crippen molar-refractivity contribution in [2.75, 3.05) is 25.6 Å². The van der Waals surface area contributed by atoms with Crippen LogP contribution in [0, 0.1) is 0 Å². The highest BCUT2D eigenvalue weighted by molar-refractivity contribution is 5.47. The number of hydrogen-bond donors (Lipinski definition) is 2. The van der Waals surface area contributed by atoms with Gasteiger partial charge in [0.25, 0.3) is 0 Å². The second-order valence-corrected chi connectivity index (χ2v) is 3.68. The maximum atomic E-state index is 5.87. The highest BCUT2D eigenvalue weighted by atomic mass is 16.5. The second kappa shape index (κ2) is 4.51. The molecule has 0 aliphatic carbocycles. The van der Waals surface area contributed by atoms with Crippen LogP contribution in [-0.4, -0.2) is 32.4 Å². The van der Waals surface area contributed by atoms with Gasteiger partial charge in [-0.3, -0.25) is 0 Å². The first kappa shape index (κ1) is 10.3. The topological polar surface area (TPSA) is 56.5 Å². The number of benzene rings is 1. The SMILES string of the molecule is COc1ccc(N[C@H]2COC[C@H]2N)cc1. The van der Waals surface area contributed by atoms with Crippen molar-refractivity contribution in [1.29, 1.82) is 0 Å². The molecule has 1 heterocycles. The highest BCUT2D eigenvalue weighted by Crippen LogP contribution is 2.17. The number of anilines is 1. The van der Waals surface area contributed by atoms with Crippen molar-refractivity contribution in [1.82, 2.24) is 0 Å². The van der Waals surface area contributed by atoms with E-state index in [2.05, 4.69) is 5.32 Å². The first-order chi connectivity index (χ1) is 7.29. The number of nitrogens with one attached hydrogen (secondary N) is 1. The normalized spacial score (nSPS) is 25.2. The molecule has 0 aromatic heterocycles. The van der Waals surface area contributed by atoms with Crippen molar-refractivity contribution in [3.05, 3.63) is 24.3 Å². The fourth-order valence-electron chi connectivity index (χ4n) is 1.62.